The van der Waals surface area contributed by atoms with Crippen LogP contribution in [0, 0.1) is 18.8 Å². The van der Waals surface area contributed by atoms with Gasteiger partial charge in [-0.25, -0.2) is 4.98 Å². The molecule has 4 heterocycles. The SMILES string of the molecule is Cc1ccsc1C1=CC2CN(C(=O)/C=C/c3cnc4c(c3)CCC(O)N4)CC2C1. The summed E-state index contributed by atoms with van der Waals surface area (Å²) in [6.45, 7) is 3.82. The molecule has 3 aliphatic rings. The van der Waals surface area contributed by atoms with Crippen LogP contribution in [0.2, 0.25) is 0 Å². The van der Waals surface area contributed by atoms with Crippen molar-refractivity contribution in [1.29, 1.82) is 0 Å². The number of hydrogen-bond acceptors (Lipinski definition) is 5. The smallest absolute Gasteiger partial charge is 0.246 e. The molecule has 2 aromatic heterocycles. The summed E-state index contributed by atoms with van der Waals surface area (Å²) in [5.74, 6) is 1.84. The minimum Gasteiger partial charge on any atom is -0.374 e. The fourth-order valence-electron chi connectivity index (χ4n) is 4.70. The van der Waals surface area contributed by atoms with E-state index < -0.39 is 6.23 Å². The Labute approximate surface area is 174 Å². The number of aromatic nitrogens is 1. The summed E-state index contributed by atoms with van der Waals surface area (Å²) in [6.07, 6.45) is 9.69. The molecule has 5 rings (SSSR count). The third-order valence-electron chi connectivity index (χ3n) is 6.25. The molecule has 1 fully saturated rings. The number of fused-ring (bicyclic) bond motifs is 2. The first-order chi connectivity index (χ1) is 14.1. The van der Waals surface area contributed by atoms with Crippen LogP contribution >= 0.6 is 11.3 Å². The molecule has 1 saturated heterocycles. The quantitative estimate of drug-likeness (QED) is 0.762. The molecule has 29 heavy (non-hydrogen) atoms. The van der Waals surface area contributed by atoms with E-state index in [-0.39, 0.29) is 5.91 Å². The van der Waals surface area contributed by atoms with Crippen LogP contribution < -0.4 is 5.32 Å². The van der Waals surface area contributed by atoms with Crippen molar-refractivity contribution < 1.29 is 9.90 Å². The van der Waals surface area contributed by atoms with Crippen LogP contribution in [0.4, 0.5) is 5.82 Å². The third kappa shape index (κ3) is 3.63. The summed E-state index contributed by atoms with van der Waals surface area (Å²) in [7, 11) is 0. The largest absolute Gasteiger partial charge is 0.374 e. The van der Waals surface area contributed by atoms with Crippen LogP contribution in [0.5, 0.6) is 0 Å². The summed E-state index contributed by atoms with van der Waals surface area (Å²) in [4.78, 5) is 20.5. The second-order valence-electron chi connectivity index (χ2n) is 8.30. The van der Waals surface area contributed by atoms with Crippen molar-refractivity contribution in [2.24, 2.45) is 11.8 Å². The van der Waals surface area contributed by atoms with Crippen molar-refractivity contribution in [1.82, 2.24) is 9.88 Å². The molecule has 2 aromatic rings. The number of thiophene rings is 1. The number of anilines is 1. The van der Waals surface area contributed by atoms with Gasteiger partial charge in [-0.3, -0.25) is 4.79 Å². The number of hydrogen-bond donors (Lipinski definition) is 2. The Hall–Kier alpha value is -2.44. The van der Waals surface area contributed by atoms with Gasteiger partial charge in [-0.15, -0.1) is 11.3 Å². The molecule has 5 nitrogen and oxygen atoms in total. The minimum absolute atomic E-state index is 0.0768. The van der Waals surface area contributed by atoms with Crippen LogP contribution in [0.3, 0.4) is 0 Å². The van der Waals surface area contributed by atoms with Gasteiger partial charge in [0.25, 0.3) is 0 Å². The molecular weight excluding hydrogens is 382 g/mol. The lowest BCUT2D eigenvalue weighted by Gasteiger charge is -2.22. The zero-order chi connectivity index (χ0) is 20.0. The number of nitrogens with zero attached hydrogens (tertiary/aromatic N) is 2. The summed E-state index contributed by atoms with van der Waals surface area (Å²) in [5, 5.41) is 14.8. The molecule has 0 radical (unpaired) electrons. The van der Waals surface area contributed by atoms with Crippen LogP contribution in [-0.2, 0) is 11.2 Å². The third-order valence-corrected chi connectivity index (χ3v) is 7.34. The van der Waals surface area contributed by atoms with Crippen LogP contribution in [-0.4, -0.2) is 40.2 Å². The maximum atomic E-state index is 12.7. The fraction of sp³-hybridized carbons (Fsp3) is 0.391. The maximum Gasteiger partial charge on any atom is 0.246 e. The Morgan fingerprint density at radius 1 is 1.41 bits per heavy atom. The van der Waals surface area contributed by atoms with Crippen molar-refractivity contribution in [2.75, 3.05) is 18.4 Å². The number of nitrogens with one attached hydrogen (secondary N) is 1. The highest BCUT2D eigenvalue weighted by Gasteiger charge is 2.38. The van der Waals surface area contributed by atoms with Gasteiger partial charge in [0.15, 0.2) is 0 Å². The molecule has 2 N–H and O–H groups in total. The van der Waals surface area contributed by atoms with E-state index in [0.717, 1.165) is 42.9 Å². The van der Waals surface area contributed by atoms with Crippen molar-refractivity contribution in [3.8, 4) is 0 Å². The number of aliphatic hydroxyl groups excluding tert-OH is 1. The first kappa shape index (κ1) is 18.6. The Balaban J connectivity index is 1.23. The Kier molecular flexibility index (Phi) is 4.76. The molecular formula is C23H25N3O2S. The predicted molar refractivity (Wildman–Crippen MR) is 116 cm³/mol. The number of amides is 1. The van der Waals surface area contributed by atoms with Crippen molar-refractivity contribution in [3.05, 3.63) is 57.4 Å². The predicted octanol–water partition coefficient (Wildman–Crippen LogP) is 3.70. The molecule has 3 unspecified atom stereocenters. The first-order valence-corrected chi connectivity index (χ1v) is 11.1. The van der Waals surface area contributed by atoms with E-state index in [1.165, 1.54) is 16.0 Å². The molecule has 3 atom stereocenters. The second kappa shape index (κ2) is 7.43. The zero-order valence-corrected chi connectivity index (χ0v) is 17.3. The van der Waals surface area contributed by atoms with E-state index in [1.54, 1.807) is 12.3 Å². The Morgan fingerprint density at radius 2 is 2.31 bits per heavy atom. The van der Waals surface area contributed by atoms with Crippen molar-refractivity contribution >= 4 is 34.7 Å². The molecule has 0 aromatic carbocycles. The van der Waals surface area contributed by atoms with Crippen LogP contribution in [0.25, 0.3) is 11.6 Å². The number of allylic oxidation sites excluding steroid dienone is 1. The molecule has 150 valence electrons. The lowest BCUT2D eigenvalue weighted by molar-refractivity contribution is -0.125. The molecule has 1 amide bonds. The second-order valence-corrected chi connectivity index (χ2v) is 9.22. The summed E-state index contributed by atoms with van der Waals surface area (Å²) in [6, 6.07) is 4.23. The van der Waals surface area contributed by atoms with Crippen molar-refractivity contribution in [2.45, 2.75) is 32.4 Å². The first-order valence-electron chi connectivity index (χ1n) is 10.2. The van der Waals surface area contributed by atoms with E-state index >= 15 is 0 Å². The zero-order valence-electron chi connectivity index (χ0n) is 16.5. The van der Waals surface area contributed by atoms with Gasteiger partial charge in [0.05, 0.1) is 0 Å². The van der Waals surface area contributed by atoms with Gasteiger partial charge in [0.2, 0.25) is 5.91 Å². The number of aliphatic hydroxyl groups is 1. The average Bonchev–Trinajstić information content (AvgIpc) is 3.40. The van der Waals surface area contributed by atoms with Gasteiger partial charge in [-0.05, 0) is 83.9 Å². The Morgan fingerprint density at radius 3 is 3.10 bits per heavy atom. The molecule has 1 aliphatic carbocycles. The average molecular weight is 408 g/mol. The van der Waals surface area contributed by atoms with Crippen molar-refractivity contribution in [3.63, 3.8) is 0 Å². The number of carbonyl (C=O) groups is 1. The lowest BCUT2D eigenvalue weighted by Crippen LogP contribution is -2.27. The summed E-state index contributed by atoms with van der Waals surface area (Å²) in [5.41, 5.74) is 4.83. The summed E-state index contributed by atoms with van der Waals surface area (Å²) < 4.78 is 0. The highest BCUT2D eigenvalue weighted by molar-refractivity contribution is 7.11. The van der Waals surface area contributed by atoms with Gasteiger partial charge in [0.1, 0.15) is 12.0 Å². The summed E-state index contributed by atoms with van der Waals surface area (Å²) >= 11 is 1.82. The van der Waals surface area contributed by atoms with Gasteiger partial charge >= 0.3 is 0 Å². The minimum atomic E-state index is -0.522. The monoisotopic (exact) mass is 407 g/mol. The molecule has 6 heteroatoms. The maximum absolute atomic E-state index is 12.7. The van der Waals surface area contributed by atoms with Gasteiger partial charge in [-0.2, -0.15) is 0 Å². The lowest BCUT2D eigenvalue weighted by atomic mass is 9.99. The number of likely N-dealkylation sites (tertiary alicyclic amines) is 1. The van der Waals surface area contributed by atoms with Gasteiger partial charge in [0, 0.05) is 30.2 Å². The van der Waals surface area contributed by atoms with E-state index in [9.17, 15) is 9.90 Å². The number of carbonyl (C=O) groups excluding carboxylic acids is 1. The number of aryl methyl sites for hydroxylation is 2. The van der Waals surface area contributed by atoms with E-state index in [1.807, 2.05) is 28.4 Å². The highest BCUT2D eigenvalue weighted by Crippen LogP contribution is 2.43. The topological polar surface area (TPSA) is 65.5 Å². The highest BCUT2D eigenvalue weighted by atomic mass is 32.1. The number of rotatable bonds is 3. The normalized spacial score (nSPS) is 25.7. The standard InChI is InChI=1S/C23H25N3O2S/c1-14-6-7-29-22(14)17-9-18-12-26(13-19(18)10-17)21(28)5-2-15-8-16-3-4-20(27)25-23(16)24-11-15/h2,5-9,11,18-20,27H,3-4,10,12-13H2,1H3,(H,24,25)/b5-2+. The van der Waals surface area contributed by atoms with Gasteiger partial charge < -0.3 is 15.3 Å². The van der Waals surface area contributed by atoms with E-state index in [4.69, 9.17) is 0 Å². The van der Waals surface area contributed by atoms with E-state index in [0.29, 0.717) is 18.3 Å². The van der Waals surface area contributed by atoms with Crippen LogP contribution in [0.1, 0.15) is 34.4 Å². The Bertz CT molecular complexity index is 1010. The molecule has 0 saturated carbocycles. The number of pyridine rings is 1. The molecule has 0 spiro atoms. The van der Waals surface area contributed by atoms with E-state index in [2.05, 4.69) is 34.7 Å². The van der Waals surface area contributed by atoms with Gasteiger partial charge in [-0.1, -0.05) is 6.08 Å². The van der Waals surface area contributed by atoms with Crippen LogP contribution in [0.15, 0.2) is 35.9 Å². The fourth-order valence-corrected chi connectivity index (χ4v) is 5.66. The molecule has 2 aliphatic heterocycles. The molecule has 0 bridgehead atoms.